The van der Waals surface area contributed by atoms with Gasteiger partial charge in [0.25, 0.3) is 0 Å². The minimum Gasteiger partial charge on any atom is -0.393 e. The number of ketones is 2. The fraction of sp³-hybridized carbons (Fsp3) is 0.895. The summed E-state index contributed by atoms with van der Waals surface area (Å²) in [6, 6.07) is 0. The van der Waals surface area contributed by atoms with Gasteiger partial charge in [-0.3, -0.25) is 9.59 Å². The van der Waals surface area contributed by atoms with Gasteiger partial charge in [-0.15, -0.1) is 0 Å². The Morgan fingerprint density at radius 2 is 1.45 bits per heavy atom. The van der Waals surface area contributed by atoms with Gasteiger partial charge in [-0.25, -0.2) is 0 Å². The van der Waals surface area contributed by atoms with E-state index < -0.39 is 5.41 Å². The maximum Gasteiger partial charge on any atom is 0.146 e. The fourth-order valence-electron chi connectivity index (χ4n) is 5.40. The highest BCUT2D eigenvalue weighted by Crippen LogP contribution is 2.49. The Hall–Kier alpha value is -0.700. The minimum atomic E-state index is -0.556. The normalized spacial score (nSPS) is 34.3. The summed E-state index contributed by atoms with van der Waals surface area (Å²) < 4.78 is 0. The van der Waals surface area contributed by atoms with Gasteiger partial charge < -0.3 is 5.11 Å². The van der Waals surface area contributed by atoms with E-state index in [9.17, 15) is 14.7 Å². The molecule has 22 heavy (non-hydrogen) atoms. The predicted molar refractivity (Wildman–Crippen MR) is 85.4 cm³/mol. The van der Waals surface area contributed by atoms with E-state index in [1.54, 1.807) is 0 Å². The first-order valence-corrected chi connectivity index (χ1v) is 9.26. The van der Waals surface area contributed by atoms with Crippen LogP contribution >= 0.6 is 0 Å². The fourth-order valence-corrected chi connectivity index (χ4v) is 5.40. The Kier molecular flexibility index (Phi) is 4.72. The van der Waals surface area contributed by atoms with Gasteiger partial charge >= 0.3 is 0 Å². The summed E-state index contributed by atoms with van der Waals surface area (Å²) in [7, 11) is 0. The van der Waals surface area contributed by atoms with Crippen molar-refractivity contribution in [3.05, 3.63) is 0 Å². The smallest absolute Gasteiger partial charge is 0.146 e. The van der Waals surface area contributed by atoms with Gasteiger partial charge in [0, 0.05) is 12.8 Å². The molecular formula is C19H30O3. The van der Waals surface area contributed by atoms with E-state index in [0.29, 0.717) is 18.8 Å². The molecule has 1 spiro atoms. The Labute approximate surface area is 133 Å². The number of rotatable bonds is 3. The first kappa shape index (κ1) is 16.2. The maximum absolute atomic E-state index is 12.1. The van der Waals surface area contributed by atoms with Gasteiger partial charge in [0.2, 0.25) is 0 Å². The molecular weight excluding hydrogens is 276 g/mol. The average Bonchev–Trinajstić information content (AvgIpc) is 2.77. The van der Waals surface area contributed by atoms with E-state index in [1.165, 1.54) is 25.7 Å². The van der Waals surface area contributed by atoms with Crippen molar-refractivity contribution < 1.29 is 14.7 Å². The summed E-state index contributed by atoms with van der Waals surface area (Å²) in [4.78, 5) is 24.3. The lowest BCUT2D eigenvalue weighted by Crippen LogP contribution is -2.39. The summed E-state index contributed by atoms with van der Waals surface area (Å²) in [5.41, 5.74) is -0.556. The van der Waals surface area contributed by atoms with Gasteiger partial charge in [0.05, 0.1) is 11.5 Å². The molecule has 0 aromatic heterocycles. The van der Waals surface area contributed by atoms with Crippen molar-refractivity contribution in [2.24, 2.45) is 23.2 Å². The second-order valence-electron chi connectivity index (χ2n) is 8.13. The highest BCUT2D eigenvalue weighted by molar-refractivity contribution is 6.12. The van der Waals surface area contributed by atoms with Gasteiger partial charge in [0.15, 0.2) is 0 Å². The van der Waals surface area contributed by atoms with Crippen molar-refractivity contribution in [1.29, 1.82) is 0 Å². The van der Waals surface area contributed by atoms with Crippen LogP contribution < -0.4 is 0 Å². The van der Waals surface area contributed by atoms with E-state index in [2.05, 4.69) is 0 Å². The van der Waals surface area contributed by atoms with Crippen molar-refractivity contribution in [2.45, 2.75) is 83.7 Å². The molecule has 0 amide bonds. The molecule has 3 aliphatic rings. The third-order valence-corrected chi connectivity index (χ3v) is 6.76. The summed E-state index contributed by atoms with van der Waals surface area (Å²) in [5, 5.41) is 9.52. The van der Waals surface area contributed by atoms with E-state index in [1.807, 2.05) is 6.92 Å². The van der Waals surface area contributed by atoms with Gasteiger partial charge in [-0.05, 0) is 69.6 Å². The molecule has 3 nitrogen and oxygen atoms in total. The summed E-state index contributed by atoms with van der Waals surface area (Å²) in [6.45, 7) is 1.89. The summed E-state index contributed by atoms with van der Waals surface area (Å²) in [5.74, 6) is 2.67. The van der Waals surface area contributed by atoms with Gasteiger partial charge in [0.1, 0.15) is 11.6 Å². The molecule has 0 aliphatic heterocycles. The lowest BCUT2D eigenvalue weighted by atomic mass is 9.63. The first-order valence-electron chi connectivity index (χ1n) is 9.26. The second-order valence-corrected chi connectivity index (χ2v) is 8.13. The maximum atomic E-state index is 12.1. The predicted octanol–water partition coefficient (Wildman–Crippen LogP) is 3.67. The number of aliphatic hydroxyl groups is 1. The van der Waals surface area contributed by atoms with Crippen LogP contribution in [0.3, 0.4) is 0 Å². The Balaban J connectivity index is 1.50. The third-order valence-electron chi connectivity index (χ3n) is 6.76. The first-order chi connectivity index (χ1) is 10.5. The largest absolute Gasteiger partial charge is 0.393 e. The standard InChI is InChI=1S/C19H30O3/c1-13(20)12-14-2-4-15(5-3-14)16-8-10-19(11-9-16)17(21)6-7-18(19)22/h13-16,20H,2-12H2,1H3/t13?,14-,15-. The van der Waals surface area contributed by atoms with Gasteiger partial charge in [-0.1, -0.05) is 12.8 Å². The molecule has 0 aromatic carbocycles. The van der Waals surface area contributed by atoms with E-state index >= 15 is 0 Å². The summed E-state index contributed by atoms with van der Waals surface area (Å²) >= 11 is 0. The highest BCUT2D eigenvalue weighted by Gasteiger charge is 2.51. The molecule has 3 fully saturated rings. The molecule has 0 heterocycles. The molecule has 3 aliphatic carbocycles. The quantitative estimate of drug-likeness (QED) is 0.809. The number of hydrogen-bond donors (Lipinski definition) is 1. The average molecular weight is 306 g/mol. The molecule has 0 bridgehead atoms. The third kappa shape index (κ3) is 3.02. The van der Waals surface area contributed by atoms with Gasteiger partial charge in [-0.2, -0.15) is 0 Å². The highest BCUT2D eigenvalue weighted by atomic mass is 16.3. The van der Waals surface area contributed by atoms with Crippen LogP contribution in [0.1, 0.15) is 77.6 Å². The van der Waals surface area contributed by atoms with Crippen molar-refractivity contribution in [2.75, 3.05) is 0 Å². The Morgan fingerprint density at radius 3 is 1.95 bits per heavy atom. The van der Waals surface area contributed by atoms with Crippen LogP contribution in [-0.2, 0) is 9.59 Å². The lowest BCUT2D eigenvalue weighted by Gasteiger charge is -2.40. The summed E-state index contributed by atoms with van der Waals surface area (Å²) in [6.07, 6.45) is 10.6. The molecule has 1 atom stereocenters. The van der Waals surface area contributed by atoms with Crippen molar-refractivity contribution >= 4 is 11.6 Å². The van der Waals surface area contributed by atoms with Crippen LogP contribution in [0.5, 0.6) is 0 Å². The van der Waals surface area contributed by atoms with Crippen LogP contribution in [0.15, 0.2) is 0 Å². The molecule has 3 rings (SSSR count). The number of hydrogen-bond acceptors (Lipinski definition) is 3. The Bertz CT molecular complexity index is 406. The van der Waals surface area contributed by atoms with E-state index in [4.69, 9.17) is 0 Å². The topological polar surface area (TPSA) is 54.4 Å². The van der Waals surface area contributed by atoms with Crippen LogP contribution in [0.25, 0.3) is 0 Å². The monoisotopic (exact) mass is 306 g/mol. The number of carbonyl (C=O) groups excluding carboxylic acids is 2. The van der Waals surface area contributed by atoms with E-state index in [-0.39, 0.29) is 17.7 Å². The Morgan fingerprint density at radius 1 is 0.955 bits per heavy atom. The lowest BCUT2D eigenvalue weighted by molar-refractivity contribution is -0.138. The van der Waals surface area contributed by atoms with E-state index in [0.717, 1.165) is 43.9 Å². The number of Topliss-reactive ketones (excluding diaryl/α,β-unsaturated/α-hetero) is 2. The SMILES string of the molecule is CC(O)C[C@H]1CC[C@H](C2CCC3(CC2)C(=O)CCC3=O)CC1. The van der Waals surface area contributed by atoms with Crippen LogP contribution in [-0.4, -0.2) is 22.8 Å². The molecule has 1 N–H and O–H groups in total. The molecule has 0 saturated heterocycles. The van der Waals surface area contributed by atoms with Crippen molar-refractivity contribution in [3.63, 3.8) is 0 Å². The molecule has 3 heteroatoms. The number of aliphatic hydroxyl groups excluding tert-OH is 1. The molecule has 1 unspecified atom stereocenters. The van der Waals surface area contributed by atoms with Crippen LogP contribution in [0, 0.1) is 23.2 Å². The zero-order valence-electron chi connectivity index (χ0n) is 13.9. The molecule has 124 valence electrons. The molecule has 0 radical (unpaired) electrons. The zero-order chi connectivity index (χ0) is 15.7. The second kappa shape index (κ2) is 6.43. The van der Waals surface area contributed by atoms with Crippen LogP contribution in [0.4, 0.5) is 0 Å². The molecule has 0 aromatic rings. The van der Waals surface area contributed by atoms with Crippen molar-refractivity contribution in [3.8, 4) is 0 Å². The molecule has 3 saturated carbocycles. The number of carbonyl (C=O) groups is 2. The van der Waals surface area contributed by atoms with Crippen LogP contribution in [0.2, 0.25) is 0 Å². The van der Waals surface area contributed by atoms with Crippen molar-refractivity contribution in [1.82, 2.24) is 0 Å². The zero-order valence-corrected chi connectivity index (χ0v) is 13.9. The minimum absolute atomic E-state index is 0.171.